The van der Waals surface area contributed by atoms with Crippen molar-refractivity contribution in [3.05, 3.63) is 36.7 Å². The minimum Gasteiger partial charge on any atom is -0.444 e. The number of oxazole rings is 1. The number of aromatic nitrogens is 3. The van der Waals surface area contributed by atoms with Crippen molar-refractivity contribution in [2.45, 2.75) is 51.4 Å². The SMILES string of the molecule is CNc1ncc(-c2nc3cc(N4CC5CN(C(=O)OC(C)(C)C)CC(C4)O5)ccc3o2)c2cc(NC(=O)C3CC3)ncc12. The molecule has 2 amide bonds. The lowest BCUT2D eigenvalue weighted by atomic mass is 10.1. The summed E-state index contributed by atoms with van der Waals surface area (Å²) in [6.45, 7) is 7.89. The Bertz CT molecular complexity index is 1710. The number of pyridine rings is 2. The quantitative estimate of drug-likeness (QED) is 0.341. The third-order valence-corrected chi connectivity index (χ3v) is 7.91. The number of hydrogen-bond donors (Lipinski definition) is 2. The largest absolute Gasteiger partial charge is 0.444 e. The van der Waals surface area contributed by atoms with Crippen molar-refractivity contribution in [2.75, 3.05) is 48.8 Å². The van der Waals surface area contributed by atoms with Gasteiger partial charge in [0.2, 0.25) is 11.8 Å². The van der Waals surface area contributed by atoms with E-state index in [0.717, 1.165) is 34.8 Å². The van der Waals surface area contributed by atoms with Gasteiger partial charge in [-0.1, -0.05) is 0 Å². The van der Waals surface area contributed by atoms with E-state index in [1.54, 1.807) is 24.3 Å². The second kappa shape index (κ2) is 10.4. The van der Waals surface area contributed by atoms with E-state index in [4.69, 9.17) is 18.9 Å². The van der Waals surface area contributed by atoms with Gasteiger partial charge in [0.25, 0.3) is 0 Å². The summed E-state index contributed by atoms with van der Waals surface area (Å²) in [5.74, 6) is 1.66. The van der Waals surface area contributed by atoms with E-state index in [-0.39, 0.29) is 30.1 Å². The van der Waals surface area contributed by atoms with Crippen molar-refractivity contribution in [2.24, 2.45) is 5.92 Å². The van der Waals surface area contributed by atoms with Gasteiger partial charge in [-0.2, -0.15) is 0 Å². The molecule has 1 saturated carbocycles. The van der Waals surface area contributed by atoms with E-state index in [2.05, 4.69) is 25.5 Å². The Morgan fingerprint density at radius 2 is 1.77 bits per heavy atom. The first-order chi connectivity index (χ1) is 20.6. The molecule has 2 aliphatic heterocycles. The topological polar surface area (TPSA) is 135 Å². The lowest BCUT2D eigenvalue weighted by molar-refractivity contribution is -0.117. The fourth-order valence-electron chi connectivity index (χ4n) is 5.75. The maximum absolute atomic E-state index is 12.7. The number of fused-ring (bicyclic) bond motifs is 4. The van der Waals surface area contributed by atoms with Crippen LogP contribution in [0.25, 0.3) is 33.3 Å². The van der Waals surface area contributed by atoms with Gasteiger partial charge in [0.05, 0.1) is 30.9 Å². The van der Waals surface area contributed by atoms with E-state index in [1.165, 1.54) is 0 Å². The normalized spacial score (nSPS) is 20.4. The molecule has 4 aromatic rings. The van der Waals surface area contributed by atoms with Crippen molar-refractivity contribution < 1.29 is 23.5 Å². The van der Waals surface area contributed by atoms with E-state index in [1.807, 2.05) is 45.0 Å². The summed E-state index contributed by atoms with van der Waals surface area (Å²) in [5, 5.41) is 7.66. The number of ether oxygens (including phenoxy) is 2. The fraction of sp³-hybridized carbons (Fsp3) is 0.452. The molecule has 3 fully saturated rings. The minimum atomic E-state index is -0.537. The van der Waals surface area contributed by atoms with Gasteiger partial charge >= 0.3 is 6.09 Å². The Kier molecular flexibility index (Phi) is 6.60. The van der Waals surface area contributed by atoms with Crippen LogP contribution >= 0.6 is 0 Å². The van der Waals surface area contributed by atoms with Crippen LogP contribution < -0.4 is 15.5 Å². The van der Waals surface area contributed by atoms with Gasteiger partial charge in [-0.15, -0.1) is 0 Å². The smallest absolute Gasteiger partial charge is 0.410 e. The molecule has 12 nitrogen and oxygen atoms in total. The van der Waals surface area contributed by atoms with Gasteiger partial charge in [-0.25, -0.2) is 19.7 Å². The first-order valence-corrected chi connectivity index (χ1v) is 14.7. The summed E-state index contributed by atoms with van der Waals surface area (Å²) in [6, 6.07) is 7.83. The molecule has 1 aliphatic carbocycles. The molecule has 7 rings (SSSR count). The molecule has 0 spiro atoms. The summed E-state index contributed by atoms with van der Waals surface area (Å²) in [6.07, 6.45) is 4.74. The van der Waals surface area contributed by atoms with E-state index >= 15 is 0 Å². The summed E-state index contributed by atoms with van der Waals surface area (Å²) >= 11 is 0. The van der Waals surface area contributed by atoms with Crippen molar-refractivity contribution in [1.29, 1.82) is 0 Å². The van der Waals surface area contributed by atoms with Crippen molar-refractivity contribution in [1.82, 2.24) is 19.9 Å². The van der Waals surface area contributed by atoms with Gasteiger partial charge in [0.15, 0.2) is 5.58 Å². The molecule has 2 N–H and O–H groups in total. The van der Waals surface area contributed by atoms with Crippen LogP contribution in [0.1, 0.15) is 33.6 Å². The number of carbonyl (C=O) groups excluding carboxylic acids is 2. The third kappa shape index (κ3) is 5.54. The molecule has 2 unspecified atom stereocenters. The summed E-state index contributed by atoms with van der Waals surface area (Å²) in [5.41, 5.74) is 2.57. The Balaban J connectivity index is 1.14. The second-order valence-electron chi connectivity index (χ2n) is 12.5. The van der Waals surface area contributed by atoms with Crippen LogP contribution in [-0.2, 0) is 14.3 Å². The molecule has 3 aromatic heterocycles. The Morgan fingerprint density at radius 1 is 1.00 bits per heavy atom. The van der Waals surface area contributed by atoms with Crippen LogP contribution in [0.3, 0.4) is 0 Å². The van der Waals surface area contributed by atoms with Gasteiger partial charge in [-0.3, -0.25) is 4.79 Å². The standard InChI is InChI=1S/C31H35N7O5/c1-31(2,3)43-30(40)38-15-19-13-37(14-20(16-38)41-19)18-7-8-25-24(9-18)35-29(42-25)23-12-34-27(32-4)22-11-33-26(10-21(22)23)36-28(39)17-5-6-17/h7-12,17,19-20H,5-6,13-16H2,1-4H3,(H,32,34)(H,33,36,39). The van der Waals surface area contributed by atoms with Crippen molar-refractivity contribution >= 4 is 51.2 Å². The van der Waals surface area contributed by atoms with Crippen LogP contribution in [0.5, 0.6) is 0 Å². The Hall–Kier alpha value is -4.45. The molecular formula is C31H35N7O5. The van der Waals surface area contributed by atoms with Crippen LogP contribution in [0, 0.1) is 5.92 Å². The highest BCUT2D eigenvalue weighted by molar-refractivity contribution is 6.03. The van der Waals surface area contributed by atoms with E-state index < -0.39 is 5.60 Å². The highest BCUT2D eigenvalue weighted by Crippen LogP contribution is 2.36. The Labute approximate surface area is 248 Å². The molecule has 2 bridgehead atoms. The van der Waals surface area contributed by atoms with Crippen molar-refractivity contribution in [3.63, 3.8) is 0 Å². The molecular weight excluding hydrogens is 550 g/mol. The van der Waals surface area contributed by atoms with Crippen LogP contribution in [0.15, 0.2) is 41.1 Å². The lowest BCUT2D eigenvalue weighted by Gasteiger charge is -2.46. The first-order valence-electron chi connectivity index (χ1n) is 14.7. The summed E-state index contributed by atoms with van der Waals surface area (Å²) in [4.78, 5) is 42.9. The molecule has 2 atom stereocenters. The zero-order valence-electron chi connectivity index (χ0n) is 24.7. The number of amides is 2. The molecule has 0 radical (unpaired) electrons. The zero-order chi connectivity index (χ0) is 29.9. The lowest BCUT2D eigenvalue weighted by Crippen LogP contribution is -2.61. The average Bonchev–Trinajstić information content (AvgIpc) is 3.74. The average molecular weight is 586 g/mol. The number of anilines is 3. The van der Waals surface area contributed by atoms with Crippen LogP contribution in [0.2, 0.25) is 0 Å². The number of hydrogen-bond acceptors (Lipinski definition) is 10. The van der Waals surface area contributed by atoms with Gasteiger partial charge in [0, 0.05) is 54.9 Å². The highest BCUT2D eigenvalue weighted by Gasteiger charge is 2.38. The highest BCUT2D eigenvalue weighted by atomic mass is 16.6. The molecule has 43 heavy (non-hydrogen) atoms. The molecule has 1 aromatic carbocycles. The summed E-state index contributed by atoms with van der Waals surface area (Å²) < 4.78 is 18.0. The maximum Gasteiger partial charge on any atom is 0.410 e. The predicted octanol–water partition coefficient (Wildman–Crippen LogP) is 4.65. The van der Waals surface area contributed by atoms with Gasteiger partial charge in [0.1, 0.15) is 22.8 Å². The molecule has 224 valence electrons. The van der Waals surface area contributed by atoms with E-state index in [0.29, 0.717) is 54.9 Å². The molecule has 2 saturated heterocycles. The number of carbonyl (C=O) groups is 2. The monoisotopic (exact) mass is 585 g/mol. The third-order valence-electron chi connectivity index (χ3n) is 7.91. The van der Waals surface area contributed by atoms with E-state index in [9.17, 15) is 9.59 Å². The number of benzene rings is 1. The number of morpholine rings is 2. The first kappa shape index (κ1) is 27.4. The summed E-state index contributed by atoms with van der Waals surface area (Å²) in [7, 11) is 1.81. The van der Waals surface area contributed by atoms with Crippen LogP contribution in [0.4, 0.5) is 22.1 Å². The molecule has 12 heteroatoms. The maximum atomic E-state index is 12.7. The van der Waals surface area contributed by atoms with Gasteiger partial charge < -0.3 is 34.3 Å². The van der Waals surface area contributed by atoms with Gasteiger partial charge in [-0.05, 0) is 57.9 Å². The second-order valence-corrected chi connectivity index (χ2v) is 12.5. The molecule has 3 aliphatic rings. The van der Waals surface area contributed by atoms with Crippen molar-refractivity contribution in [3.8, 4) is 11.5 Å². The predicted molar refractivity (Wildman–Crippen MR) is 162 cm³/mol. The number of rotatable bonds is 5. The minimum absolute atomic E-state index is 0.00418. The Morgan fingerprint density at radius 3 is 2.47 bits per heavy atom. The van der Waals surface area contributed by atoms with Crippen LogP contribution in [-0.4, -0.2) is 82.9 Å². The fourth-order valence-corrected chi connectivity index (χ4v) is 5.75. The zero-order valence-corrected chi connectivity index (χ0v) is 24.7. The number of nitrogens with zero attached hydrogens (tertiary/aromatic N) is 5. The number of nitrogens with one attached hydrogen (secondary N) is 2. The molecule has 5 heterocycles.